The number of nitrogens with one attached hydrogen (secondary N) is 2. The summed E-state index contributed by atoms with van der Waals surface area (Å²) in [5.74, 6) is 0.306. The number of H-pyrrole nitrogens is 1. The molecule has 1 aromatic rings. The van der Waals surface area contributed by atoms with Gasteiger partial charge in [0, 0.05) is 11.4 Å². The summed E-state index contributed by atoms with van der Waals surface area (Å²) in [6, 6.07) is 1.41. The number of aromatic amines is 1. The monoisotopic (exact) mass is 235 g/mol. The molecular formula is C7H10ClN3O2S. The molecule has 0 unspecified atom stereocenters. The summed E-state index contributed by atoms with van der Waals surface area (Å²) in [4.78, 5) is 0. The van der Waals surface area contributed by atoms with Crippen LogP contribution < -0.4 is 4.72 Å². The molecule has 0 atom stereocenters. The molecule has 1 aliphatic carbocycles. The lowest BCUT2D eigenvalue weighted by molar-refractivity contribution is 0.555. The number of alkyl halides is 1. The quantitative estimate of drug-likeness (QED) is 0.745. The topological polar surface area (TPSA) is 74.8 Å². The zero-order valence-electron chi connectivity index (χ0n) is 7.33. The Morgan fingerprint density at radius 2 is 2.36 bits per heavy atom. The predicted molar refractivity (Wildman–Crippen MR) is 51.6 cm³/mol. The van der Waals surface area contributed by atoms with E-state index in [2.05, 4.69) is 14.9 Å². The molecule has 1 fully saturated rings. The van der Waals surface area contributed by atoms with E-state index in [1.165, 1.54) is 12.3 Å². The van der Waals surface area contributed by atoms with E-state index < -0.39 is 15.6 Å². The summed E-state index contributed by atoms with van der Waals surface area (Å²) < 4.78 is 25.9. The van der Waals surface area contributed by atoms with Gasteiger partial charge in [-0.2, -0.15) is 5.10 Å². The summed E-state index contributed by atoms with van der Waals surface area (Å²) in [6.45, 7) is 0. The molecule has 7 heteroatoms. The van der Waals surface area contributed by atoms with Gasteiger partial charge in [-0.1, -0.05) is 0 Å². The minimum Gasteiger partial charge on any atom is -0.266 e. The summed E-state index contributed by atoms with van der Waals surface area (Å²) >= 11 is 5.67. The van der Waals surface area contributed by atoms with E-state index in [0.29, 0.717) is 5.88 Å². The highest BCUT2D eigenvalue weighted by Crippen LogP contribution is 2.37. The molecule has 0 aromatic carbocycles. The van der Waals surface area contributed by atoms with Crippen molar-refractivity contribution in [3.05, 3.63) is 12.3 Å². The maximum Gasteiger partial charge on any atom is 0.258 e. The van der Waals surface area contributed by atoms with Gasteiger partial charge in [-0.05, 0) is 18.9 Å². The molecule has 1 heterocycles. The first-order valence-electron chi connectivity index (χ1n) is 4.17. The van der Waals surface area contributed by atoms with Crippen LogP contribution in [0, 0.1) is 0 Å². The summed E-state index contributed by atoms with van der Waals surface area (Å²) in [7, 11) is -3.48. The van der Waals surface area contributed by atoms with Gasteiger partial charge in [0.2, 0.25) is 0 Å². The van der Waals surface area contributed by atoms with Gasteiger partial charge in [0.05, 0.1) is 6.20 Å². The summed E-state index contributed by atoms with van der Waals surface area (Å²) in [6.07, 6.45) is 2.99. The fourth-order valence-electron chi connectivity index (χ4n) is 1.15. The molecule has 0 saturated heterocycles. The maximum absolute atomic E-state index is 11.7. The van der Waals surface area contributed by atoms with Crippen LogP contribution in [0.4, 0.5) is 0 Å². The SMILES string of the molecule is O=S(=O)(NC1(CCl)CC1)c1ccn[nH]1. The molecule has 0 spiro atoms. The van der Waals surface area contributed by atoms with Gasteiger partial charge >= 0.3 is 0 Å². The fraction of sp³-hybridized carbons (Fsp3) is 0.571. The Kier molecular flexibility index (Phi) is 2.29. The van der Waals surface area contributed by atoms with Gasteiger partial charge in [0.25, 0.3) is 10.0 Å². The predicted octanol–water partition coefficient (Wildman–Crippen LogP) is 0.459. The molecule has 0 bridgehead atoms. The van der Waals surface area contributed by atoms with Crippen molar-refractivity contribution in [2.75, 3.05) is 5.88 Å². The minimum absolute atomic E-state index is 0.0777. The number of hydrogen-bond acceptors (Lipinski definition) is 3. The molecule has 0 radical (unpaired) electrons. The van der Waals surface area contributed by atoms with Crippen LogP contribution in [-0.2, 0) is 10.0 Å². The van der Waals surface area contributed by atoms with Crippen molar-refractivity contribution < 1.29 is 8.42 Å². The average Bonchev–Trinajstić information content (AvgIpc) is 2.70. The molecule has 0 aliphatic heterocycles. The van der Waals surface area contributed by atoms with Gasteiger partial charge in [0.1, 0.15) is 0 Å². The van der Waals surface area contributed by atoms with Crippen molar-refractivity contribution in [1.82, 2.24) is 14.9 Å². The summed E-state index contributed by atoms with van der Waals surface area (Å²) in [5.41, 5.74) is -0.425. The van der Waals surface area contributed by atoms with Crippen molar-refractivity contribution in [2.45, 2.75) is 23.4 Å². The van der Waals surface area contributed by atoms with Crippen molar-refractivity contribution in [1.29, 1.82) is 0 Å². The number of aromatic nitrogens is 2. The smallest absolute Gasteiger partial charge is 0.258 e. The minimum atomic E-state index is -3.48. The number of hydrogen-bond donors (Lipinski definition) is 2. The van der Waals surface area contributed by atoms with Gasteiger partial charge in [-0.25, -0.2) is 13.1 Å². The third-order valence-electron chi connectivity index (χ3n) is 2.22. The van der Waals surface area contributed by atoms with Crippen LogP contribution in [0.5, 0.6) is 0 Å². The Balaban J connectivity index is 2.19. The van der Waals surface area contributed by atoms with Crippen LogP contribution in [0.25, 0.3) is 0 Å². The molecule has 14 heavy (non-hydrogen) atoms. The molecule has 5 nitrogen and oxygen atoms in total. The van der Waals surface area contributed by atoms with E-state index in [-0.39, 0.29) is 5.03 Å². The van der Waals surface area contributed by atoms with Crippen LogP contribution in [-0.4, -0.2) is 30.0 Å². The highest BCUT2D eigenvalue weighted by molar-refractivity contribution is 7.89. The highest BCUT2D eigenvalue weighted by atomic mass is 35.5. The Hall–Kier alpha value is -0.590. The molecule has 1 aromatic heterocycles. The highest BCUT2D eigenvalue weighted by Gasteiger charge is 2.45. The maximum atomic E-state index is 11.7. The molecule has 0 amide bonds. The number of nitrogens with zero attached hydrogens (tertiary/aromatic N) is 1. The van der Waals surface area contributed by atoms with Gasteiger partial charge < -0.3 is 0 Å². The zero-order valence-corrected chi connectivity index (χ0v) is 8.90. The second kappa shape index (κ2) is 3.22. The third-order valence-corrected chi connectivity index (χ3v) is 4.24. The fourth-order valence-corrected chi connectivity index (χ4v) is 2.93. The number of sulfonamides is 1. The van der Waals surface area contributed by atoms with E-state index in [1.807, 2.05) is 0 Å². The largest absolute Gasteiger partial charge is 0.266 e. The Morgan fingerprint density at radius 1 is 1.64 bits per heavy atom. The Bertz CT molecular complexity index is 410. The van der Waals surface area contributed by atoms with Gasteiger partial charge in [-0.3, -0.25) is 5.10 Å². The standard InChI is InChI=1S/C7H10ClN3O2S/c8-5-7(2-3-7)11-14(12,13)6-1-4-9-10-6/h1,4,11H,2-3,5H2,(H,9,10). The van der Waals surface area contributed by atoms with E-state index in [4.69, 9.17) is 11.6 Å². The summed E-state index contributed by atoms with van der Waals surface area (Å²) in [5, 5.41) is 6.07. The molecule has 2 rings (SSSR count). The average molecular weight is 236 g/mol. The van der Waals surface area contributed by atoms with Crippen molar-refractivity contribution in [3.8, 4) is 0 Å². The Labute approximate surface area is 86.9 Å². The van der Waals surface area contributed by atoms with Crippen molar-refractivity contribution >= 4 is 21.6 Å². The second-order valence-electron chi connectivity index (χ2n) is 3.44. The lowest BCUT2D eigenvalue weighted by Gasteiger charge is -2.12. The lowest BCUT2D eigenvalue weighted by atomic mass is 10.4. The molecule has 1 aliphatic rings. The van der Waals surface area contributed by atoms with Crippen molar-refractivity contribution in [3.63, 3.8) is 0 Å². The normalized spacial score (nSPS) is 19.5. The first-order valence-corrected chi connectivity index (χ1v) is 6.19. The van der Waals surface area contributed by atoms with Gasteiger partial charge in [0.15, 0.2) is 5.03 Å². The zero-order chi connectivity index (χ0) is 10.2. The van der Waals surface area contributed by atoms with E-state index in [0.717, 1.165) is 12.8 Å². The van der Waals surface area contributed by atoms with E-state index in [1.54, 1.807) is 0 Å². The molecule has 1 saturated carbocycles. The molecule has 78 valence electrons. The van der Waals surface area contributed by atoms with Crippen molar-refractivity contribution in [2.24, 2.45) is 0 Å². The van der Waals surface area contributed by atoms with Crippen LogP contribution in [0.1, 0.15) is 12.8 Å². The van der Waals surface area contributed by atoms with Crippen LogP contribution in [0.2, 0.25) is 0 Å². The lowest BCUT2D eigenvalue weighted by Crippen LogP contribution is -2.38. The number of rotatable bonds is 4. The van der Waals surface area contributed by atoms with Crippen LogP contribution in [0.15, 0.2) is 17.3 Å². The molecule has 2 N–H and O–H groups in total. The van der Waals surface area contributed by atoms with E-state index >= 15 is 0 Å². The second-order valence-corrected chi connectivity index (χ2v) is 5.36. The van der Waals surface area contributed by atoms with Crippen LogP contribution >= 0.6 is 11.6 Å². The van der Waals surface area contributed by atoms with Crippen LogP contribution in [0.3, 0.4) is 0 Å². The number of halogens is 1. The van der Waals surface area contributed by atoms with Gasteiger partial charge in [-0.15, -0.1) is 11.6 Å². The van der Waals surface area contributed by atoms with E-state index in [9.17, 15) is 8.42 Å². The Morgan fingerprint density at radius 3 is 2.79 bits per heavy atom. The first kappa shape index (κ1) is 9.95. The molecular weight excluding hydrogens is 226 g/mol. The third kappa shape index (κ3) is 1.77. The first-order chi connectivity index (χ1) is 6.58.